The Hall–Kier alpha value is -0.790. The van der Waals surface area contributed by atoms with E-state index in [0.29, 0.717) is 6.61 Å². The highest BCUT2D eigenvalue weighted by atomic mass is 16.5. The maximum absolute atomic E-state index is 11.4. The predicted molar refractivity (Wildman–Crippen MR) is 114 cm³/mol. The molecular weight excluding hydrogens is 320 g/mol. The summed E-state index contributed by atoms with van der Waals surface area (Å²) in [5.41, 5.74) is 1.34. The Labute approximate surface area is 164 Å². The van der Waals surface area contributed by atoms with Gasteiger partial charge in [-0.1, -0.05) is 92.1 Å². The van der Waals surface area contributed by atoms with Crippen LogP contribution in [0.15, 0.2) is 11.6 Å². The van der Waals surface area contributed by atoms with Crippen molar-refractivity contribution in [2.75, 3.05) is 6.61 Å². The summed E-state index contributed by atoms with van der Waals surface area (Å²) in [5, 5.41) is 0. The first kappa shape index (κ1) is 25.2. The smallest absolute Gasteiger partial charge is 0.308 e. The van der Waals surface area contributed by atoms with Gasteiger partial charge in [0, 0.05) is 0 Å². The second-order valence-corrected chi connectivity index (χ2v) is 9.19. The Morgan fingerprint density at radius 2 is 1.31 bits per heavy atom. The lowest BCUT2D eigenvalue weighted by molar-refractivity contribution is -0.146. The van der Waals surface area contributed by atoms with Crippen LogP contribution in [0.3, 0.4) is 0 Å². The quantitative estimate of drug-likeness (QED) is 0.221. The third-order valence-corrected chi connectivity index (χ3v) is 5.27. The lowest BCUT2D eigenvalue weighted by Gasteiger charge is -2.15. The number of carbonyl (C=O) groups excluding carboxylic acids is 1. The van der Waals surface area contributed by atoms with Crippen molar-refractivity contribution in [3.63, 3.8) is 0 Å². The number of carbonyl (C=O) groups is 1. The van der Waals surface area contributed by atoms with E-state index < -0.39 is 0 Å². The Morgan fingerprint density at radius 1 is 0.808 bits per heavy atom. The van der Waals surface area contributed by atoms with Gasteiger partial charge in [-0.3, -0.25) is 4.79 Å². The lowest BCUT2D eigenvalue weighted by atomic mass is 9.91. The van der Waals surface area contributed by atoms with E-state index in [4.69, 9.17) is 4.74 Å². The third kappa shape index (κ3) is 15.5. The standard InChI is InChI=1S/C24H46O2/c1-19(2)11-8-12-21(5)13-9-14-22(6)15-10-16-23(7)17-18-26-24(25)20(3)4/h17,19-22H,8-16,18H2,1-7H3/b23-17+/t21-,22-/m1/s1. The molecule has 0 aliphatic heterocycles. The molecule has 26 heavy (non-hydrogen) atoms. The fourth-order valence-corrected chi connectivity index (χ4v) is 3.24. The van der Waals surface area contributed by atoms with Crippen LogP contribution in [0.2, 0.25) is 0 Å². The van der Waals surface area contributed by atoms with Crippen LogP contribution in [-0.4, -0.2) is 12.6 Å². The first-order chi connectivity index (χ1) is 12.2. The van der Waals surface area contributed by atoms with Crippen molar-refractivity contribution in [2.24, 2.45) is 23.7 Å². The van der Waals surface area contributed by atoms with Gasteiger partial charge in [0.1, 0.15) is 6.61 Å². The zero-order valence-corrected chi connectivity index (χ0v) is 18.8. The highest BCUT2D eigenvalue weighted by molar-refractivity contribution is 5.71. The molecule has 2 nitrogen and oxygen atoms in total. The van der Waals surface area contributed by atoms with Crippen molar-refractivity contribution in [2.45, 2.75) is 106 Å². The number of hydrogen-bond acceptors (Lipinski definition) is 2. The molecule has 0 spiro atoms. The van der Waals surface area contributed by atoms with E-state index in [0.717, 1.165) is 24.2 Å². The summed E-state index contributed by atoms with van der Waals surface area (Å²) in [6.07, 6.45) is 14.0. The van der Waals surface area contributed by atoms with Crippen LogP contribution in [0.4, 0.5) is 0 Å². The fraction of sp³-hybridized carbons (Fsp3) is 0.875. The molecule has 0 N–H and O–H groups in total. The molecule has 0 aliphatic rings. The van der Waals surface area contributed by atoms with Crippen LogP contribution in [-0.2, 0) is 9.53 Å². The molecule has 2 atom stereocenters. The normalized spacial score (nSPS) is 14.7. The van der Waals surface area contributed by atoms with E-state index in [-0.39, 0.29) is 11.9 Å². The van der Waals surface area contributed by atoms with E-state index >= 15 is 0 Å². The fourth-order valence-electron chi connectivity index (χ4n) is 3.24. The van der Waals surface area contributed by atoms with Crippen LogP contribution in [0.25, 0.3) is 0 Å². The van der Waals surface area contributed by atoms with Gasteiger partial charge in [-0.05, 0) is 43.6 Å². The van der Waals surface area contributed by atoms with Crippen molar-refractivity contribution >= 4 is 5.97 Å². The van der Waals surface area contributed by atoms with Crippen molar-refractivity contribution in [1.82, 2.24) is 0 Å². The number of esters is 1. The van der Waals surface area contributed by atoms with Gasteiger partial charge in [-0.2, -0.15) is 0 Å². The minimum atomic E-state index is -0.110. The molecule has 0 rings (SSSR count). The first-order valence-electron chi connectivity index (χ1n) is 11.0. The highest BCUT2D eigenvalue weighted by Crippen LogP contribution is 2.22. The number of rotatable bonds is 15. The van der Waals surface area contributed by atoms with Crippen LogP contribution < -0.4 is 0 Å². The molecule has 0 aliphatic carbocycles. The number of ether oxygens (including phenoxy) is 1. The molecule has 154 valence electrons. The molecule has 0 aromatic heterocycles. The van der Waals surface area contributed by atoms with Crippen molar-refractivity contribution in [1.29, 1.82) is 0 Å². The molecule has 0 aromatic rings. The largest absolute Gasteiger partial charge is 0.461 e. The third-order valence-electron chi connectivity index (χ3n) is 5.27. The summed E-state index contributed by atoms with van der Waals surface area (Å²) in [6.45, 7) is 15.8. The number of hydrogen-bond donors (Lipinski definition) is 0. The van der Waals surface area contributed by atoms with Crippen molar-refractivity contribution in [3.05, 3.63) is 11.6 Å². The molecule has 0 saturated carbocycles. The predicted octanol–water partition coefficient (Wildman–Crippen LogP) is 7.57. The molecule has 0 heterocycles. The molecule has 2 heteroatoms. The van der Waals surface area contributed by atoms with Crippen LogP contribution >= 0.6 is 0 Å². The molecule has 0 aromatic carbocycles. The van der Waals surface area contributed by atoms with Gasteiger partial charge in [0.2, 0.25) is 0 Å². The van der Waals surface area contributed by atoms with E-state index in [2.05, 4.69) is 40.7 Å². The Balaban J connectivity index is 3.69. The second-order valence-electron chi connectivity index (χ2n) is 9.19. The molecular formula is C24H46O2. The molecule has 0 bridgehead atoms. The van der Waals surface area contributed by atoms with Crippen LogP contribution in [0.1, 0.15) is 106 Å². The molecule has 0 unspecified atom stereocenters. The minimum Gasteiger partial charge on any atom is -0.461 e. The van der Waals surface area contributed by atoms with Gasteiger partial charge >= 0.3 is 5.97 Å². The van der Waals surface area contributed by atoms with Gasteiger partial charge in [0.15, 0.2) is 0 Å². The summed E-state index contributed by atoms with van der Waals surface area (Å²) in [5.74, 6) is 2.41. The van der Waals surface area contributed by atoms with Gasteiger partial charge in [0.05, 0.1) is 5.92 Å². The summed E-state index contributed by atoms with van der Waals surface area (Å²) >= 11 is 0. The minimum absolute atomic E-state index is 0.0394. The molecule has 0 radical (unpaired) electrons. The average Bonchev–Trinajstić information content (AvgIpc) is 2.54. The number of allylic oxidation sites excluding steroid dienone is 1. The van der Waals surface area contributed by atoms with Gasteiger partial charge in [-0.15, -0.1) is 0 Å². The SMILES string of the molecule is C/C(=C\COC(=O)C(C)C)CCC[C@H](C)CCC[C@H](C)CCCC(C)C. The van der Waals surface area contributed by atoms with Crippen LogP contribution in [0.5, 0.6) is 0 Å². The van der Waals surface area contributed by atoms with E-state index in [1.165, 1.54) is 56.9 Å². The molecule has 0 saturated heterocycles. The molecule has 0 amide bonds. The monoisotopic (exact) mass is 366 g/mol. The van der Waals surface area contributed by atoms with Gasteiger partial charge in [-0.25, -0.2) is 0 Å². The Bertz CT molecular complexity index is 382. The zero-order chi connectivity index (χ0) is 19.9. The van der Waals surface area contributed by atoms with Gasteiger partial charge < -0.3 is 4.74 Å². The van der Waals surface area contributed by atoms with E-state index in [1.54, 1.807) is 0 Å². The summed E-state index contributed by atoms with van der Waals surface area (Å²) < 4.78 is 5.20. The lowest BCUT2D eigenvalue weighted by Crippen LogP contribution is -2.11. The molecule has 0 fully saturated rings. The topological polar surface area (TPSA) is 26.3 Å². The van der Waals surface area contributed by atoms with E-state index in [1.807, 2.05) is 13.8 Å². The highest BCUT2D eigenvalue weighted by Gasteiger charge is 2.08. The van der Waals surface area contributed by atoms with E-state index in [9.17, 15) is 4.79 Å². The Morgan fingerprint density at radius 3 is 1.81 bits per heavy atom. The zero-order valence-electron chi connectivity index (χ0n) is 18.8. The van der Waals surface area contributed by atoms with Crippen molar-refractivity contribution in [3.8, 4) is 0 Å². The van der Waals surface area contributed by atoms with Crippen molar-refractivity contribution < 1.29 is 9.53 Å². The van der Waals surface area contributed by atoms with Crippen LogP contribution in [0, 0.1) is 23.7 Å². The maximum atomic E-state index is 11.4. The average molecular weight is 367 g/mol. The summed E-state index contributed by atoms with van der Waals surface area (Å²) in [6, 6.07) is 0. The summed E-state index contributed by atoms with van der Waals surface area (Å²) in [4.78, 5) is 11.4. The Kier molecular flexibility index (Phi) is 14.8. The first-order valence-corrected chi connectivity index (χ1v) is 11.0. The maximum Gasteiger partial charge on any atom is 0.308 e. The van der Waals surface area contributed by atoms with Gasteiger partial charge in [0.25, 0.3) is 0 Å². The summed E-state index contributed by atoms with van der Waals surface area (Å²) in [7, 11) is 0. The second kappa shape index (κ2) is 15.3.